The first-order valence-electron chi connectivity index (χ1n) is 11.7. The number of hydrogen-bond donors (Lipinski definition) is 2. The third kappa shape index (κ3) is 4.25. The van der Waals surface area contributed by atoms with Crippen LogP contribution >= 0.6 is 11.3 Å². The first kappa shape index (κ1) is 23.0. The van der Waals surface area contributed by atoms with Crippen LogP contribution in [0, 0.1) is 5.92 Å². The number of rotatable bonds is 6. The molecule has 1 aromatic carbocycles. The van der Waals surface area contributed by atoms with Gasteiger partial charge >= 0.3 is 6.03 Å². The molecule has 0 radical (unpaired) electrons. The predicted molar refractivity (Wildman–Crippen MR) is 143 cm³/mol. The van der Waals surface area contributed by atoms with Crippen LogP contribution in [0.1, 0.15) is 48.3 Å². The number of amides is 3. The van der Waals surface area contributed by atoms with Crippen LogP contribution in [0.2, 0.25) is 0 Å². The lowest BCUT2D eigenvalue weighted by atomic mass is 10.0. The van der Waals surface area contributed by atoms with Crippen LogP contribution in [-0.2, 0) is 0 Å². The number of aliphatic imine (C=N–C) groups is 1. The van der Waals surface area contributed by atoms with Crippen molar-refractivity contribution in [3.8, 4) is 0 Å². The zero-order valence-corrected chi connectivity index (χ0v) is 20.6. The Hall–Kier alpha value is -3.78. The van der Waals surface area contributed by atoms with E-state index in [2.05, 4.69) is 34.3 Å². The minimum absolute atomic E-state index is 0.153. The van der Waals surface area contributed by atoms with Gasteiger partial charge in [0.25, 0.3) is 5.91 Å². The molecule has 0 spiro atoms. The third-order valence-electron chi connectivity index (χ3n) is 6.68. The van der Waals surface area contributed by atoms with E-state index >= 15 is 0 Å². The standard InChI is InChI=1S/C27H27N5O2S/c1-16-8-7-11-20(16)30-25(33)24-23-22-21(12-13-29-26(22)35-24)32(27(34)31-23)17(2)14-19(15-28-3)18-9-5-4-6-10-18/h4-6,9-10,12-16,20H,3,7-8,11H2,1-2H3,(H,30,33)(H,31,34)/b17-14+,19-15+/t16-,20+/m0/s1. The third-order valence-corrected chi connectivity index (χ3v) is 7.78. The van der Waals surface area contributed by atoms with Gasteiger partial charge in [0.05, 0.1) is 16.8 Å². The number of nitrogens with one attached hydrogen (secondary N) is 2. The fourth-order valence-electron chi connectivity index (χ4n) is 4.90. The zero-order chi connectivity index (χ0) is 24.5. The summed E-state index contributed by atoms with van der Waals surface area (Å²) in [6.45, 7) is 7.63. The molecule has 0 unspecified atom stereocenters. The van der Waals surface area contributed by atoms with Crippen molar-refractivity contribution in [1.29, 1.82) is 0 Å². The second-order valence-corrected chi connectivity index (χ2v) is 9.99. The van der Waals surface area contributed by atoms with Gasteiger partial charge in [0.2, 0.25) is 0 Å². The molecule has 3 amide bonds. The molecular formula is C27H27N5O2S. The van der Waals surface area contributed by atoms with Crippen molar-refractivity contribution in [3.63, 3.8) is 0 Å². The molecule has 1 fully saturated rings. The van der Waals surface area contributed by atoms with Gasteiger partial charge in [-0.15, -0.1) is 11.3 Å². The minimum Gasteiger partial charge on any atom is -0.348 e. The second kappa shape index (κ2) is 9.46. The molecule has 3 heterocycles. The lowest BCUT2D eigenvalue weighted by Gasteiger charge is -2.29. The van der Waals surface area contributed by atoms with E-state index in [4.69, 9.17) is 0 Å². The summed E-state index contributed by atoms with van der Waals surface area (Å²) in [6, 6.07) is 11.5. The number of hydrogen-bond acceptors (Lipinski definition) is 5. The Morgan fingerprint density at radius 1 is 1.29 bits per heavy atom. The van der Waals surface area contributed by atoms with Crippen LogP contribution in [0.4, 0.5) is 16.2 Å². The molecule has 0 bridgehead atoms. The van der Waals surface area contributed by atoms with Crippen LogP contribution < -0.4 is 15.5 Å². The van der Waals surface area contributed by atoms with Crippen LogP contribution in [-0.4, -0.2) is 29.7 Å². The molecule has 7 nitrogen and oxygen atoms in total. The molecule has 2 N–H and O–H groups in total. The minimum atomic E-state index is -0.320. The Morgan fingerprint density at radius 2 is 2.09 bits per heavy atom. The Kier molecular flexibility index (Phi) is 6.21. The van der Waals surface area contributed by atoms with E-state index < -0.39 is 0 Å². The molecule has 2 aliphatic rings. The number of thiophene rings is 1. The number of benzene rings is 1. The Morgan fingerprint density at radius 3 is 2.80 bits per heavy atom. The van der Waals surface area contributed by atoms with E-state index in [-0.39, 0.29) is 18.0 Å². The summed E-state index contributed by atoms with van der Waals surface area (Å²) >= 11 is 1.31. The summed E-state index contributed by atoms with van der Waals surface area (Å²) in [4.78, 5) is 37.8. The summed E-state index contributed by atoms with van der Waals surface area (Å²) in [6.07, 6.45) is 8.48. The van der Waals surface area contributed by atoms with Crippen molar-refractivity contribution < 1.29 is 9.59 Å². The molecule has 2 atom stereocenters. The highest BCUT2D eigenvalue weighted by molar-refractivity contribution is 7.21. The van der Waals surface area contributed by atoms with E-state index in [0.717, 1.165) is 35.8 Å². The van der Waals surface area contributed by atoms with E-state index in [1.807, 2.05) is 49.4 Å². The number of pyridine rings is 1. The van der Waals surface area contributed by atoms with E-state index in [0.29, 0.717) is 32.7 Å². The van der Waals surface area contributed by atoms with Gasteiger partial charge in [-0.2, -0.15) is 0 Å². The van der Waals surface area contributed by atoms with E-state index in [1.165, 1.54) is 11.3 Å². The van der Waals surface area contributed by atoms with Crippen molar-refractivity contribution in [3.05, 3.63) is 71.0 Å². The number of carbonyl (C=O) groups excluding carboxylic acids is 2. The van der Waals surface area contributed by atoms with Crippen LogP contribution in [0.3, 0.4) is 0 Å². The van der Waals surface area contributed by atoms with Gasteiger partial charge in [0.15, 0.2) is 0 Å². The second-order valence-electron chi connectivity index (χ2n) is 8.99. The Bertz CT molecular complexity index is 1370. The van der Waals surface area contributed by atoms with E-state index in [9.17, 15) is 9.59 Å². The van der Waals surface area contributed by atoms with E-state index in [1.54, 1.807) is 17.3 Å². The maximum Gasteiger partial charge on any atom is 0.330 e. The summed E-state index contributed by atoms with van der Waals surface area (Å²) in [7, 11) is 0. The molecule has 2 aromatic heterocycles. The molecule has 1 saturated carbocycles. The van der Waals surface area contributed by atoms with Crippen LogP contribution in [0.15, 0.2) is 65.6 Å². The summed E-state index contributed by atoms with van der Waals surface area (Å²) in [5.74, 6) is 0.299. The SMILES string of the molecule is C=N/C=C(\C=C(/C)N1C(=O)Nc2c(C(=O)N[C@@H]3CCC[C@@H]3C)sc3nccc1c23)c1ccccc1. The lowest BCUT2D eigenvalue weighted by molar-refractivity contribution is 0.0934. The maximum absolute atomic E-state index is 13.4. The summed E-state index contributed by atoms with van der Waals surface area (Å²) in [5.41, 5.74) is 3.74. The number of allylic oxidation sites excluding steroid dienone is 3. The summed E-state index contributed by atoms with van der Waals surface area (Å²) < 4.78 is 0. The number of nitrogens with zero attached hydrogens (tertiary/aromatic N) is 3. The number of anilines is 2. The highest BCUT2D eigenvalue weighted by atomic mass is 32.1. The first-order chi connectivity index (χ1) is 17.0. The topological polar surface area (TPSA) is 86.7 Å². The van der Waals surface area contributed by atoms with Crippen molar-refractivity contribution in [2.24, 2.45) is 10.9 Å². The predicted octanol–water partition coefficient (Wildman–Crippen LogP) is 6.21. The number of urea groups is 1. The molecule has 8 heteroatoms. The Labute approximate surface area is 208 Å². The maximum atomic E-state index is 13.4. The van der Waals surface area contributed by atoms with Gasteiger partial charge in [0, 0.05) is 29.7 Å². The Balaban J connectivity index is 1.54. The van der Waals surface area contributed by atoms with Crippen LogP contribution in [0.5, 0.6) is 0 Å². The fourth-order valence-corrected chi connectivity index (χ4v) is 5.92. The van der Waals surface area contributed by atoms with Gasteiger partial charge in [-0.1, -0.05) is 43.7 Å². The zero-order valence-electron chi connectivity index (χ0n) is 19.7. The molecule has 1 aliphatic heterocycles. The number of carbonyl (C=O) groups is 2. The van der Waals surface area contributed by atoms with Crippen molar-refractivity contribution in [2.75, 3.05) is 10.2 Å². The molecule has 35 heavy (non-hydrogen) atoms. The van der Waals surface area contributed by atoms with Gasteiger partial charge in [-0.3, -0.25) is 14.7 Å². The van der Waals surface area contributed by atoms with Crippen molar-refractivity contribution in [1.82, 2.24) is 10.3 Å². The van der Waals surface area contributed by atoms with Crippen LogP contribution in [0.25, 0.3) is 15.8 Å². The largest absolute Gasteiger partial charge is 0.348 e. The molecule has 178 valence electrons. The van der Waals surface area contributed by atoms with Crippen molar-refractivity contribution in [2.45, 2.75) is 39.2 Å². The van der Waals surface area contributed by atoms with Crippen molar-refractivity contribution >= 4 is 57.2 Å². The highest BCUT2D eigenvalue weighted by Gasteiger charge is 2.34. The average Bonchev–Trinajstić information content (AvgIpc) is 3.43. The summed E-state index contributed by atoms with van der Waals surface area (Å²) in [5, 5.41) is 6.92. The van der Waals surface area contributed by atoms with Gasteiger partial charge in [-0.25, -0.2) is 9.78 Å². The molecule has 5 rings (SSSR count). The molecule has 0 saturated heterocycles. The monoisotopic (exact) mass is 485 g/mol. The molecule has 1 aliphatic carbocycles. The normalized spacial score (nSPS) is 20.2. The van der Waals surface area contributed by atoms with Gasteiger partial charge in [0.1, 0.15) is 9.71 Å². The fraction of sp³-hybridized carbons (Fsp3) is 0.259. The lowest BCUT2D eigenvalue weighted by Crippen LogP contribution is -2.38. The first-order valence-corrected chi connectivity index (χ1v) is 12.5. The van der Waals surface area contributed by atoms with Gasteiger partial charge < -0.3 is 10.6 Å². The van der Waals surface area contributed by atoms with Gasteiger partial charge in [-0.05, 0) is 50.1 Å². The smallest absolute Gasteiger partial charge is 0.330 e. The number of aromatic nitrogens is 1. The molecule has 3 aromatic rings. The molecular weight excluding hydrogens is 458 g/mol. The highest BCUT2D eigenvalue weighted by Crippen LogP contribution is 2.44. The average molecular weight is 486 g/mol. The quantitative estimate of drug-likeness (QED) is 0.321.